The number of hydrogen-bond acceptors (Lipinski definition) is 5. The van der Waals surface area contributed by atoms with Crippen LogP contribution < -0.4 is 15.5 Å². The van der Waals surface area contributed by atoms with Gasteiger partial charge in [-0.25, -0.2) is 0 Å². The van der Waals surface area contributed by atoms with Gasteiger partial charge in [0.1, 0.15) is 12.1 Å². The minimum Gasteiger partial charge on any atom is -0.383 e. The van der Waals surface area contributed by atoms with Crippen LogP contribution in [0.25, 0.3) is 0 Å². The Morgan fingerprint density at radius 3 is 2.45 bits per heavy atom. The fraction of sp³-hybridized carbons (Fsp3) is 0.600. The van der Waals surface area contributed by atoms with Crippen molar-refractivity contribution in [3.63, 3.8) is 0 Å². The number of nitrogens with one attached hydrogen (secondary N) is 2. The third-order valence-corrected chi connectivity index (χ3v) is 6.39. The number of rotatable bonds is 7. The van der Waals surface area contributed by atoms with Crippen molar-refractivity contribution < 1.29 is 19.5 Å². The Morgan fingerprint density at radius 2 is 1.79 bits per heavy atom. The van der Waals surface area contributed by atoms with Gasteiger partial charge in [-0.1, -0.05) is 51.3 Å². The molecule has 33 heavy (non-hydrogen) atoms. The second-order valence-electron chi connectivity index (χ2n) is 9.55. The number of benzodiazepines with no additional fused rings is 1. The van der Waals surface area contributed by atoms with Gasteiger partial charge in [-0.2, -0.15) is 0 Å². The van der Waals surface area contributed by atoms with Gasteiger partial charge in [-0.05, 0) is 38.2 Å². The van der Waals surface area contributed by atoms with E-state index in [9.17, 15) is 19.5 Å². The SMILES string of the molecule is CC(C)C[C@H](O)C(=O)N[C@@H](C)C(=O)NC1N=C(C2CCCCC2)c2ccccc2N(C)C1=O. The molecule has 2 aliphatic rings. The Bertz CT molecular complexity index is 907. The van der Waals surface area contributed by atoms with E-state index in [-0.39, 0.29) is 17.7 Å². The van der Waals surface area contributed by atoms with Gasteiger partial charge in [0.2, 0.25) is 18.0 Å². The summed E-state index contributed by atoms with van der Waals surface area (Å²) < 4.78 is 0. The molecule has 3 rings (SSSR count). The van der Waals surface area contributed by atoms with Crippen LogP contribution in [0.1, 0.15) is 64.9 Å². The predicted octanol–water partition coefficient (Wildman–Crippen LogP) is 2.39. The minimum absolute atomic E-state index is 0.142. The van der Waals surface area contributed by atoms with Crippen molar-refractivity contribution in [1.82, 2.24) is 10.6 Å². The molecule has 0 radical (unpaired) electrons. The summed E-state index contributed by atoms with van der Waals surface area (Å²) in [5.74, 6) is -1.08. The lowest BCUT2D eigenvalue weighted by Crippen LogP contribution is -2.53. The number of aliphatic imine (C=N–C) groups is 1. The average Bonchev–Trinajstić information content (AvgIpc) is 2.90. The zero-order valence-electron chi connectivity index (χ0n) is 20.0. The molecule has 1 fully saturated rings. The number of benzene rings is 1. The van der Waals surface area contributed by atoms with Crippen LogP contribution in [0, 0.1) is 11.8 Å². The number of fused-ring (bicyclic) bond motifs is 1. The van der Waals surface area contributed by atoms with E-state index in [1.165, 1.54) is 18.2 Å². The maximum atomic E-state index is 13.2. The third-order valence-electron chi connectivity index (χ3n) is 6.39. The molecule has 3 amide bonds. The molecule has 1 aromatic carbocycles. The number of aliphatic hydroxyl groups excluding tert-OH is 1. The molecular weight excluding hydrogens is 420 g/mol. The van der Waals surface area contributed by atoms with Crippen molar-refractivity contribution in [2.45, 2.75) is 77.6 Å². The highest BCUT2D eigenvalue weighted by atomic mass is 16.3. The van der Waals surface area contributed by atoms with Gasteiger partial charge in [0.05, 0.1) is 11.4 Å². The summed E-state index contributed by atoms with van der Waals surface area (Å²) in [6, 6.07) is 6.79. The van der Waals surface area contributed by atoms with Gasteiger partial charge in [0, 0.05) is 18.5 Å². The zero-order valence-corrected chi connectivity index (χ0v) is 20.0. The second kappa shape index (κ2) is 10.9. The van der Waals surface area contributed by atoms with E-state index in [1.807, 2.05) is 38.1 Å². The number of aliphatic hydroxyl groups is 1. The molecule has 1 heterocycles. The van der Waals surface area contributed by atoms with Crippen LogP contribution in [0.2, 0.25) is 0 Å². The van der Waals surface area contributed by atoms with Crippen LogP contribution in [0.3, 0.4) is 0 Å². The number of hydrogen-bond donors (Lipinski definition) is 3. The summed E-state index contributed by atoms with van der Waals surface area (Å²) in [6.45, 7) is 5.34. The van der Waals surface area contributed by atoms with Crippen molar-refractivity contribution >= 4 is 29.1 Å². The minimum atomic E-state index is -1.18. The summed E-state index contributed by atoms with van der Waals surface area (Å²) >= 11 is 0. The first-order valence-electron chi connectivity index (χ1n) is 11.9. The van der Waals surface area contributed by atoms with Gasteiger partial charge in [0.25, 0.3) is 5.91 Å². The normalized spacial score (nSPS) is 21.0. The quantitative estimate of drug-likeness (QED) is 0.585. The van der Waals surface area contributed by atoms with Crippen molar-refractivity contribution in [1.29, 1.82) is 0 Å². The molecule has 1 saturated carbocycles. The maximum Gasteiger partial charge on any atom is 0.272 e. The van der Waals surface area contributed by atoms with E-state index in [2.05, 4.69) is 10.6 Å². The van der Waals surface area contributed by atoms with Gasteiger partial charge in [-0.15, -0.1) is 0 Å². The number of para-hydroxylation sites is 1. The number of nitrogens with zero attached hydrogens (tertiary/aromatic N) is 2. The fourth-order valence-electron chi connectivity index (χ4n) is 4.53. The summed E-state index contributed by atoms with van der Waals surface area (Å²) in [7, 11) is 1.69. The molecule has 0 bridgehead atoms. The van der Waals surface area contributed by atoms with Gasteiger partial charge in [-0.3, -0.25) is 19.4 Å². The molecule has 0 spiro atoms. The number of carbonyl (C=O) groups excluding carboxylic acids is 3. The second-order valence-corrected chi connectivity index (χ2v) is 9.55. The van der Waals surface area contributed by atoms with Crippen molar-refractivity contribution in [2.24, 2.45) is 16.8 Å². The van der Waals surface area contributed by atoms with Crippen molar-refractivity contribution in [3.8, 4) is 0 Å². The molecule has 8 heteroatoms. The molecule has 1 aromatic rings. The first-order valence-corrected chi connectivity index (χ1v) is 11.9. The highest BCUT2D eigenvalue weighted by Crippen LogP contribution is 2.33. The number of carbonyl (C=O) groups is 3. The smallest absolute Gasteiger partial charge is 0.272 e. The standard InChI is InChI=1S/C25H36N4O4/c1-15(2)14-20(30)24(32)26-16(3)23(31)28-22-25(33)29(4)19-13-9-8-12-18(19)21(27-22)17-10-6-5-7-11-17/h8-9,12-13,15-17,20,22,30H,5-7,10-11,14H2,1-4H3,(H,26,32)(H,28,31)/t16-,20-,22?/m0/s1. The summed E-state index contributed by atoms with van der Waals surface area (Å²) in [5, 5.41) is 15.3. The van der Waals surface area contributed by atoms with E-state index in [0.717, 1.165) is 42.6 Å². The average molecular weight is 457 g/mol. The first kappa shape index (κ1) is 24.9. The highest BCUT2D eigenvalue weighted by Gasteiger charge is 2.34. The number of likely N-dealkylation sites (N-methyl/N-ethyl adjacent to an activating group) is 1. The lowest BCUT2D eigenvalue weighted by molar-refractivity contribution is -0.135. The lowest BCUT2D eigenvalue weighted by Gasteiger charge is -2.25. The van der Waals surface area contributed by atoms with Crippen LogP contribution in [0.15, 0.2) is 29.3 Å². The lowest BCUT2D eigenvalue weighted by atomic mass is 9.83. The largest absolute Gasteiger partial charge is 0.383 e. The van der Waals surface area contributed by atoms with Crippen molar-refractivity contribution in [2.75, 3.05) is 11.9 Å². The molecule has 8 nitrogen and oxygen atoms in total. The predicted molar refractivity (Wildman–Crippen MR) is 128 cm³/mol. The molecule has 180 valence electrons. The van der Waals surface area contributed by atoms with E-state index in [4.69, 9.17) is 4.99 Å². The molecule has 3 N–H and O–H groups in total. The molecule has 0 aromatic heterocycles. The van der Waals surface area contributed by atoms with Crippen LogP contribution in [-0.4, -0.2) is 53.9 Å². The Balaban J connectivity index is 1.80. The van der Waals surface area contributed by atoms with Crippen molar-refractivity contribution in [3.05, 3.63) is 29.8 Å². The maximum absolute atomic E-state index is 13.2. The number of anilines is 1. The zero-order chi connectivity index (χ0) is 24.1. The van der Waals surface area contributed by atoms with Crippen LogP contribution >= 0.6 is 0 Å². The topological polar surface area (TPSA) is 111 Å². The first-order chi connectivity index (χ1) is 15.7. The molecule has 3 atom stereocenters. The Morgan fingerprint density at radius 1 is 1.12 bits per heavy atom. The van der Waals surface area contributed by atoms with E-state index >= 15 is 0 Å². The van der Waals surface area contributed by atoms with E-state index < -0.39 is 30.1 Å². The Hall–Kier alpha value is -2.74. The molecule has 1 unspecified atom stereocenters. The molecular formula is C25H36N4O4. The van der Waals surface area contributed by atoms with Crippen LogP contribution in [-0.2, 0) is 14.4 Å². The van der Waals surface area contributed by atoms with Crippen LogP contribution in [0.5, 0.6) is 0 Å². The van der Waals surface area contributed by atoms with Gasteiger partial charge in [0.15, 0.2) is 0 Å². The highest BCUT2D eigenvalue weighted by molar-refractivity contribution is 6.14. The summed E-state index contributed by atoms with van der Waals surface area (Å²) in [6.07, 6.45) is 3.49. The Kier molecular flexibility index (Phi) is 8.24. The molecule has 1 aliphatic heterocycles. The summed E-state index contributed by atoms with van der Waals surface area (Å²) in [5.41, 5.74) is 2.56. The van der Waals surface area contributed by atoms with E-state index in [1.54, 1.807) is 7.05 Å². The summed E-state index contributed by atoms with van der Waals surface area (Å²) in [4.78, 5) is 44.6. The Labute approximate surface area is 195 Å². The van der Waals surface area contributed by atoms with Gasteiger partial charge < -0.3 is 20.6 Å². The molecule has 0 saturated heterocycles. The van der Waals surface area contributed by atoms with Gasteiger partial charge >= 0.3 is 0 Å². The molecule has 1 aliphatic carbocycles. The third kappa shape index (κ3) is 5.99. The van der Waals surface area contributed by atoms with Crippen LogP contribution in [0.4, 0.5) is 5.69 Å². The fourth-order valence-corrected chi connectivity index (χ4v) is 4.53. The van der Waals surface area contributed by atoms with E-state index in [0.29, 0.717) is 6.42 Å². The monoisotopic (exact) mass is 456 g/mol. The number of amides is 3.